The molecule has 31 heavy (non-hydrogen) atoms. The maximum absolute atomic E-state index is 12.8. The highest BCUT2D eigenvalue weighted by Crippen LogP contribution is 2.17. The van der Waals surface area contributed by atoms with Gasteiger partial charge in [0.05, 0.1) is 0 Å². The highest BCUT2D eigenvalue weighted by molar-refractivity contribution is 6.30. The Morgan fingerprint density at radius 1 is 0.839 bits per heavy atom. The third kappa shape index (κ3) is 6.52. The molecule has 1 N–H and O–H groups in total. The zero-order valence-corrected chi connectivity index (χ0v) is 17.8. The Labute approximate surface area is 186 Å². The number of Topliss-reactive ketones (excluding diaryl/α,β-unsaturated/α-hetero) is 2. The van der Waals surface area contributed by atoms with Crippen LogP contribution in [0.2, 0.25) is 5.02 Å². The summed E-state index contributed by atoms with van der Waals surface area (Å²) in [6.07, 6.45) is -0.121. The summed E-state index contributed by atoms with van der Waals surface area (Å²) >= 11 is 5.92. The van der Waals surface area contributed by atoms with Gasteiger partial charge in [-0.3, -0.25) is 9.59 Å². The lowest BCUT2D eigenvalue weighted by atomic mass is 10.0. The highest BCUT2D eigenvalue weighted by atomic mass is 35.5. The predicted octanol–water partition coefficient (Wildman–Crippen LogP) is 5.13. The van der Waals surface area contributed by atoms with Gasteiger partial charge in [0, 0.05) is 28.3 Å². The molecule has 5 nitrogen and oxygen atoms in total. The normalized spacial score (nSPS) is 11.4. The van der Waals surface area contributed by atoms with Crippen molar-refractivity contribution in [2.45, 2.75) is 19.4 Å². The lowest BCUT2D eigenvalue weighted by molar-refractivity contribution is -0.143. The van der Waals surface area contributed by atoms with Crippen LogP contribution >= 0.6 is 11.6 Å². The second-order valence-electron chi connectivity index (χ2n) is 7.09. The van der Waals surface area contributed by atoms with Gasteiger partial charge in [-0.25, -0.2) is 4.79 Å². The Hall–Kier alpha value is -3.44. The predicted molar refractivity (Wildman–Crippen MR) is 121 cm³/mol. The number of hydrogen-bond donors (Lipinski definition) is 1. The van der Waals surface area contributed by atoms with Crippen molar-refractivity contribution in [3.05, 3.63) is 101 Å². The summed E-state index contributed by atoms with van der Waals surface area (Å²) in [5, 5.41) is 3.56. The summed E-state index contributed by atoms with van der Waals surface area (Å²) < 4.78 is 5.25. The zero-order valence-electron chi connectivity index (χ0n) is 17.0. The average Bonchev–Trinajstić information content (AvgIpc) is 2.79. The van der Waals surface area contributed by atoms with Gasteiger partial charge in [0.25, 0.3) is 0 Å². The van der Waals surface area contributed by atoms with Crippen molar-refractivity contribution in [1.82, 2.24) is 0 Å². The van der Waals surface area contributed by atoms with Gasteiger partial charge in [0.2, 0.25) is 0 Å². The summed E-state index contributed by atoms with van der Waals surface area (Å²) in [7, 11) is 0. The summed E-state index contributed by atoms with van der Waals surface area (Å²) in [4.78, 5) is 37.8. The molecule has 158 valence electrons. The van der Waals surface area contributed by atoms with E-state index in [4.69, 9.17) is 16.3 Å². The van der Waals surface area contributed by atoms with E-state index in [-0.39, 0.29) is 18.0 Å². The summed E-state index contributed by atoms with van der Waals surface area (Å²) in [6.45, 7) is 1.52. The number of halogens is 1. The number of carbonyl (C=O) groups is 3. The smallest absolute Gasteiger partial charge is 0.329 e. The van der Waals surface area contributed by atoms with Crippen LogP contribution in [0.15, 0.2) is 78.9 Å². The second kappa shape index (κ2) is 10.5. The summed E-state index contributed by atoms with van der Waals surface area (Å²) in [6, 6.07) is 21.5. The molecule has 0 heterocycles. The minimum atomic E-state index is -0.959. The standard InChI is InChI=1S/C25H22ClNO4/c1-17-7-9-19(10-8-17)24(29)16-31-25(30)22(27-21-13-11-20(26)12-14-21)15-23(28)18-5-3-2-4-6-18/h2-14,22,27H,15-16H2,1H3. The quantitative estimate of drug-likeness (QED) is 0.372. The molecule has 0 bridgehead atoms. The number of esters is 1. The van der Waals surface area contributed by atoms with Gasteiger partial charge in [0.15, 0.2) is 18.2 Å². The van der Waals surface area contributed by atoms with Crippen LogP contribution in [-0.4, -0.2) is 30.2 Å². The number of ether oxygens (including phenoxy) is 1. The van der Waals surface area contributed by atoms with Crippen LogP contribution in [0.1, 0.15) is 32.7 Å². The van der Waals surface area contributed by atoms with Crippen molar-refractivity contribution in [3.63, 3.8) is 0 Å². The maximum Gasteiger partial charge on any atom is 0.329 e. The first-order chi connectivity index (χ1) is 14.9. The zero-order chi connectivity index (χ0) is 22.2. The molecule has 3 aromatic carbocycles. The van der Waals surface area contributed by atoms with Crippen molar-refractivity contribution < 1.29 is 19.1 Å². The number of nitrogens with one attached hydrogen (secondary N) is 1. The van der Waals surface area contributed by atoms with Gasteiger partial charge in [-0.1, -0.05) is 71.8 Å². The van der Waals surface area contributed by atoms with Crippen LogP contribution in [-0.2, 0) is 9.53 Å². The number of ketones is 2. The van der Waals surface area contributed by atoms with Crippen molar-refractivity contribution in [1.29, 1.82) is 0 Å². The van der Waals surface area contributed by atoms with Crippen LogP contribution in [0.4, 0.5) is 5.69 Å². The Bertz CT molecular complexity index is 1050. The van der Waals surface area contributed by atoms with Gasteiger partial charge in [0.1, 0.15) is 6.04 Å². The molecule has 0 radical (unpaired) electrons. The van der Waals surface area contributed by atoms with Gasteiger partial charge in [-0.15, -0.1) is 0 Å². The van der Waals surface area contributed by atoms with E-state index in [1.54, 1.807) is 60.7 Å². The molecule has 0 aliphatic rings. The molecule has 3 aromatic rings. The fourth-order valence-corrected chi connectivity index (χ4v) is 3.05. The number of rotatable bonds is 9. The van der Waals surface area contributed by atoms with Gasteiger partial charge in [-0.2, -0.15) is 0 Å². The SMILES string of the molecule is Cc1ccc(C(=O)COC(=O)C(CC(=O)c2ccccc2)Nc2ccc(Cl)cc2)cc1. The summed E-state index contributed by atoms with van der Waals surface area (Å²) in [5.74, 6) is -1.21. The van der Waals surface area contributed by atoms with Crippen molar-refractivity contribution in [2.24, 2.45) is 0 Å². The molecule has 1 atom stereocenters. The first-order valence-electron chi connectivity index (χ1n) is 9.79. The molecular weight excluding hydrogens is 414 g/mol. The van der Waals surface area contributed by atoms with E-state index in [0.717, 1.165) is 5.56 Å². The fraction of sp³-hybridized carbons (Fsp3) is 0.160. The van der Waals surface area contributed by atoms with Crippen molar-refractivity contribution in [3.8, 4) is 0 Å². The number of aryl methyl sites for hydroxylation is 1. The molecule has 0 spiro atoms. The third-order valence-electron chi connectivity index (χ3n) is 4.67. The molecule has 0 saturated heterocycles. The highest BCUT2D eigenvalue weighted by Gasteiger charge is 2.25. The van der Waals surface area contributed by atoms with Crippen molar-refractivity contribution in [2.75, 3.05) is 11.9 Å². The molecule has 1 unspecified atom stereocenters. The molecular formula is C25H22ClNO4. The number of benzene rings is 3. The number of carbonyl (C=O) groups excluding carboxylic acids is 3. The first-order valence-corrected chi connectivity index (χ1v) is 10.2. The monoisotopic (exact) mass is 435 g/mol. The van der Waals surface area contributed by atoms with Crippen LogP contribution in [0, 0.1) is 6.92 Å². The van der Waals surface area contributed by atoms with Crippen LogP contribution < -0.4 is 5.32 Å². The Morgan fingerprint density at radius 2 is 1.45 bits per heavy atom. The molecule has 0 saturated carbocycles. The second-order valence-corrected chi connectivity index (χ2v) is 7.53. The van der Waals surface area contributed by atoms with Gasteiger partial charge >= 0.3 is 5.97 Å². The van der Waals surface area contributed by atoms with Gasteiger partial charge in [-0.05, 0) is 31.2 Å². The van der Waals surface area contributed by atoms with E-state index in [9.17, 15) is 14.4 Å². The van der Waals surface area contributed by atoms with E-state index in [1.165, 1.54) is 0 Å². The molecule has 0 fully saturated rings. The Balaban J connectivity index is 1.70. The number of hydrogen-bond acceptors (Lipinski definition) is 5. The Morgan fingerprint density at radius 3 is 2.10 bits per heavy atom. The topological polar surface area (TPSA) is 72.5 Å². The largest absolute Gasteiger partial charge is 0.456 e. The van der Waals surface area contributed by atoms with E-state index in [2.05, 4.69) is 5.32 Å². The minimum absolute atomic E-state index is 0.121. The van der Waals surface area contributed by atoms with Crippen LogP contribution in [0.5, 0.6) is 0 Å². The van der Waals surface area contributed by atoms with E-state index < -0.39 is 18.6 Å². The molecule has 0 aliphatic carbocycles. The molecule has 3 rings (SSSR count). The average molecular weight is 436 g/mol. The first kappa shape index (κ1) is 22.2. The van der Waals surface area contributed by atoms with Crippen molar-refractivity contribution >= 4 is 34.8 Å². The lowest BCUT2D eigenvalue weighted by Crippen LogP contribution is -2.34. The molecule has 0 aliphatic heterocycles. The maximum atomic E-state index is 12.8. The van der Waals surface area contributed by atoms with Gasteiger partial charge < -0.3 is 10.1 Å². The number of anilines is 1. The van der Waals surface area contributed by atoms with Crippen LogP contribution in [0.3, 0.4) is 0 Å². The fourth-order valence-electron chi connectivity index (χ4n) is 2.93. The van der Waals surface area contributed by atoms with Crippen LogP contribution in [0.25, 0.3) is 0 Å². The molecule has 0 amide bonds. The molecule has 0 aromatic heterocycles. The summed E-state index contributed by atoms with van der Waals surface area (Å²) in [5.41, 5.74) is 2.59. The van der Waals surface area contributed by atoms with E-state index in [0.29, 0.717) is 21.8 Å². The minimum Gasteiger partial charge on any atom is -0.456 e. The Kier molecular flexibility index (Phi) is 7.57. The van der Waals surface area contributed by atoms with E-state index >= 15 is 0 Å². The van der Waals surface area contributed by atoms with E-state index in [1.807, 2.05) is 25.1 Å². The lowest BCUT2D eigenvalue weighted by Gasteiger charge is -2.18. The molecule has 6 heteroatoms. The third-order valence-corrected chi connectivity index (χ3v) is 4.93.